The van der Waals surface area contributed by atoms with Crippen molar-refractivity contribution < 1.29 is 14.6 Å². The summed E-state index contributed by atoms with van der Waals surface area (Å²) < 4.78 is 4.94. The first kappa shape index (κ1) is 16.1. The van der Waals surface area contributed by atoms with E-state index in [-0.39, 0.29) is 5.75 Å². The molecule has 0 fully saturated rings. The molecule has 0 saturated heterocycles. The van der Waals surface area contributed by atoms with Crippen LogP contribution < -0.4 is 10.1 Å². The summed E-state index contributed by atoms with van der Waals surface area (Å²) in [5, 5.41) is 14.3. The summed E-state index contributed by atoms with van der Waals surface area (Å²) in [6, 6.07) is 13.5. The van der Waals surface area contributed by atoms with Crippen LogP contribution in [0.2, 0.25) is 0 Å². The summed E-state index contributed by atoms with van der Waals surface area (Å²) >= 11 is 0. The van der Waals surface area contributed by atoms with Crippen molar-refractivity contribution in [3.8, 4) is 5.75 Å². The topological polar surface area (TPSA) is 71.5 Å². The van der Waals surface area contributed by atoms with Crippen molar-refractivity contribution in [1.29, 1.82) is 0 Å². The minimum atomic E-state index is -1.33. The molecule has 0 amide bonds. The van der Waals surface area contributed by atoms with Crippen molar-refractivity contribution in [2.45, 2.75) is 26.2 Å². The molecular weight excluding hydrogens is 304 g/mol. The Morgan fingerprint density at radius 2 is 1.96 bits per heavy atom. The molecule has 1 heterocycles. The molecule has 5 nitrogen and oxygen atoms in total. The first-order valence-electron chi connectivity index (χ1n) is 8.15. The minimum Gasteiger partial charge on any atom is -0.449 e. The van der Waals surface area contributed by atoms with Gasteiger partial charge in [-0.15, -0.1) is 0 Å². The molecular formula is C19H20N2O3. The van der Waals surface area contributed by atoms with Gasteiger partial charge in [0, 0.05) is 23.4 Å². The second kappa shape index (κ2) is 7.17. The predicted octanol–water partition coefficient (Wildman–Crippen LogP) is 5.05. The number of nitrogens with zero attached hydrogens (tertiary/aromatic N) is 1. The van der Waals surface area contributed by atoms with Crippen LogP contribution in [0.25, 0.3) is 21.8 Å². The Kier molecular flexibility index (Phi) is 4.79. The van der Waals surface area contributed by atoms with E-state index in [0.717, 1.165) is 42.1 Å². The summed E-state index contributed by atoms with van der Waals surface area (Å²) in [4.78, 5) is 15.6. The van der Waals surface area contributed by atoms with Crippen LogP contribution in [0.3, 0.4) is 0 Å². The molecule has 0 aliphatic carbocycles. The van der Waals surface area contributed by atoms with Crippen LogP contribution in [0.15, 0.2) is 42.5 Å². The Morgan fingerprint density at radius 3 is 2.75 bits per heavy atom. The molecule has 0 aliphatic rings. The molecule has 124 valence electrons. The highest BCUT2D eigenvalue weighted by Gasteiger charge is 2.11. The zero-order valence-corrected chi connectivity index (χ0v) is 13.6. The van der Waals surface area contributed by atoms with E-state index in [4.69, 9.17) is 9.84 Å². The van der Waals surface area contributed by atoms with Crippen LogP contribution in [0.5, 0.6) is 5.75 Å². The van der Waals surface area contributed by atoms with Gasteiger partial charge in [-0.25, -0.2) is 9.78 Å². The van der Waals surface area contributed by atoms with E-state index in [1.165, 1.54) is 0 Å². The maximum Gasteiger partial charge on any atom is 0.511 e. The molecule has 0 radical (unpaired) electrons. The highest BCUT2D eigenvalue weighted by atomic mass is 16.7. The molecule has 3 aromatic rings. The zero-order valence-electron chi connectivity index (χ0n) is 13.6. The summed E-state index contributed by atoms with van der Waals surface area (Å²) in [5.41, 5.74) is 2.26. The van der Waals surface area contributed by atoms with Crippen molar-refractivity contribution in [2.24, 2.45) is 0 Å². The third-order valence-corrected chi connectivity index (χ3v) is 3.91. The van der Waals surface area contributed by atoms with E-state index < -0.39 is 6.16 Å². The Balaban J connectivity index is 2.02. The van der Waals surface area contributed by atoms with Gasteiger partial charge in [-0.05, 0) is 24.6 Å². The lowest BCUT2D eigenvalue weighted by atomic mass is 10.1. The predicted molar refractivity (Wildman–Crippen MR) is 95.9 cm³/mol. The number of pyridine rings is 1. The number of carbonyl (C=O) groups is 1. The molecule has 24 heavy (non-hydrogen) atoms. The molecule has 0 unspecified atom stereocenters. The molecule has 3 rings (SSSR count). The van der Waals surface area contributed by atoms with E-state index in [1.807, 2.05) is 30.3 Å². The first-order chi connectivity index (χ1) is 11.7. The number of rotatable bonds is 6. The van der Waals surface area contributed by atoms with Gasteiger partial charge in [-0.1, -0.05) is 38.0 Å². The van der Waals surface area contributed by atoms with Crippen LogP contribution in [0.1, 0.15) is 26.2 Å². The number of benzene rings is 2. The van der Waals surface area contributed by atoms with E-state index in [1.54, 1.807) is 6.07 Å². The van der Waals surface area contributed by atoms with E-state index in [2.05, 4.69) is 23.3 Å². The van der Waals surface area contributed by atoms with Crippen LogP contribution >= 0.6 is 0 Å². The number of hydrogen-bond donors (Lipinski definition) is 2. The first-order valence-corrected chi connectivity index (χ1v) is 8.15. The molecule has 0 spiro atoms. The molecule has 5 heteroatoms. The monoisotopic (exact) mass is 324 g/mol. The van der Waals surface area contributed by atoms with Crippen molar-refractivity contribution in [1.82, 2.24) is 4.98 Å². The zero-order chi connectivity index (χ0) is 16.9. The largest absolute Gasteiger partial charge is 0.511 e. The Bertz CT molecular complexity index is 877. The summed E-state index contributed by atoms with van der Waals surface area (Å²) in [6.07, 6.45) is 1.96. The van der Waals surface area contributed by atoms with Gasteiger partial charge >= 0.3 is 6.16 Å². The van der Waals surface area contributed by atoms with Crippen LogP contribution in [-0.4, -0.2) is 22.8 Å². The van der Waals surface area contributed by atoms with Crippen molar-refractivity contribution in [3.63, 3.8) is 0 Å². The molecule has 0 atom stereocenters. The number of anilines is 1. The molecule has 2 aromatic carbocycles. The maximum absolute atomic E-state index is 11.0. The van der Waals surface area contributed by atoms with Gasteiger partial charge in [0.25, 0.3) is 0 Å². The lowest BCUT2D eigenvalue weighted by Gasteiger charge is -2.12. The maximum atomic E-state index is 11.0. The molecule has 0 bridgehead atoms. The number of fused-ring (bicyclic) bond motifs is 2. The Labute approximate surface area is 140 Å². The highest BCUT2D eigenvalue weighted by Crippen LogP contribution is 2.31. The van der Waals surface area contributed by atoms with E-state index in [0.29, 0.717) is 11.2 Å². The molecule has 0 aliphatic heterocycles. The molecule has 1 aromatic heterocycles. The Morgan fingerprint density at radius 1 is 1.12 bits per heavy atom. The fourth-order valence-electron chi connectivity index (χ4n) is 2.72. The smallest absolute Gasteiger partial charge is 0.449 e. The minimum absolute atomic E-state index is 0.286. The van der Waals surface area contributed by atoms with E-state index in [9.17, 15) is 4.79 Å². The lowest BCUT2D eigenvalue weighted by molar-refractivity contribution is 0.145. The molecule has 2 N–H and O–H groups in total. The molecule has 0 saturated carbocycles. The lowest BCUT2D eigenvalue weighted by Crippen LogP contribution is -2.08. The van der Waals surface area contributed by atoms with E-state index >= 15 is 0 Å². The number of hydrogen-bond acceptors (Lipinski definition) is 4. The number of aromatic nitrogens is 1. The van der Waals surface area contributed by atoms with Gasteiger partial charge in [-0.2, -0.15) is 0 Å². The average molecular weight is 324 g/mol. The van der Waals surface area contributed by atoms with Crippen LogP contribution in [-0.2, 0) is 0 Å². The van der Waals surface area contributed by atoms with Gasteiger partial charge in [0.05, 0.1) is 16.7 Å². The standard InChI is InChI=1S/C19H20N2O3/c1-2-3-6-9-20-17-11-14-10-13-7-4-5-8-15(13)21-16(14)12-18(17)24-19(22)23/h4-5,7-8,10-12,20H,2-3,6,9H2,1H3,(H,22,23). The quantitative estimate of drug-likeness (QED) is 0.287. The number of para-hydroxylation sites is 1. The van der Waals surface area contributed by atoms with Gasteiger partial charge in [0.15, 0.2) is 5.75 Å². The summed E-state index contributed by atoms with van der Waals surface area (Å²) in [5.74, 6) is 0.286. The third kappa shape index (κ3) is 3.56. The second-order valence-corrected chi connectivity index (χ2v) is 5.72. The number of ether oxygens (including phenoxy) is 1. The summed E-state index contributed by atoms with van der Waals surface area (Å²) in [6.45, 7) is 2.92. The van der Waals surface area contributed by atoms with Crippen molar-refractivity contribution in [3.05, 3.63) is 42.5 Å². The SMILES string of the molecule is CCCCCNc1cc2cc3ccccc3nc2cc1OC(=O)O. The van der Waals surface area contributed by atoms with Crippen LogP contribution in [0.4, 0.5) is 10.5 Å². The third-order valence-electron chi connectivity index (χ3n) is 3.91. The number of unbranched alkanes of at least 4 members (excludes halogenated alkanes) is 2. The second-order valence-electron chi connectivity index (χ2n) is 5.72. The Hall–Kier alpha value is -2.82. The average Bonchev–Trinajstić information content (AvgIpc) is 2.56. The van der Waals surface area contributed by atoms with Gasteiger partial charge < -0.3 is 15.2 Å². The highest BCUT2D eigenvalue weighted by molar-refractivity contribution is 5.95. The van der Waals surface area contributed by atoms with Crippen LogP contribution in [0, 0.1) is 0 Å². The van der Waals surface area contributed by atoms with Crippen molar-refractivity contribution in [2.75, 3.05) is 11.9 Å². The summed E-state index contributed by atoms with van der Waals surface area (Å²) in [7, 11) is 0. The van der Waals surface area contributed by atoms with Gasteiger partial charge in [0.1, 0.15) is 0 Å². The van der Waals surface area contributed by atoms with Gasteiger partial charge in [-0.3, -0.25) is 0 Å². The van der Waals surface area contributed by atoms with Gasteiger partial charge in [0.2, 0.25) is 0 Å². The van der Waals surface area contributed by atoms with Crippen molar-refractivity contribution >= 4 is 33.6 Å². The number of nitrogens with one attached hydrogen (secondary N) is 1. The fourth-order valence-corrected chi connectivity index (χ4v) is 2.72. The number of carboxylic acid groups (broad SMARTS) is 1. The normalized spacial score (nSPS) is 10.9. The fraction of sp³-hybridized carbons (Fsp3) is 0.263.